The summed E-state index contributed by atoms with van der Waals surface area (Å²) in [5, 5.41) is 3.56. The number of nitrogens with one attached hydrogen (secondary N) is 1. The second-order valence-electron chi connectivity index (χ2n) is 6.13. The van der Waals surface area contributed by atoms with Gasteiger partial charge in [-0.15, -0.1) is 0 Å². The molecule has 1 aliphatic heterocycles. The van der Waals surface area contributed by atoms with Crippen molar-refractivity contribution in [2.75, 3.05) is 6.54 Å². The van der Waals surface area contributed by atoms with E-state index in [4.69, 9.17) is 0 Å². The van der Waals surface area contributed by atoms with Crippen LogP contribution in [0.25, 0.3) is 0 Å². The highest BCUT2D eigenvalue weighted by Crippen LogP contribution is 2.26. The zero-order chi connectivity index (χ0) is 11.6. The van der Waals surface area contributed by atoms with Gasteiger partial charge >= 0.3 is 0 Å². The summed E-state index contributed by atoms with van der Waals surface area (Å²) < 4.78 is 0. The van der Waals surface area contributed by atoms with Gasteiger partial charge in [0, 0.05) is 6.04 Å². The molecule has 16 heavy (non-hydrogen) atoms. The first kappa shape index (κ1) is 11.7. The summed E-state index contributed by atoms with van der Waals surface area (Å²) in [5.41, 5.74) is 3.32. The van der Waals surface area contributed by atoms with Crippen LogP contribution in [-0.2, 0) is 6.42 Å². The lowest BCUT2D eigenvalue weighted by Gasteiger charge is -2.19. The summed E-state index contributed by atoms with van der Waals surface area (Å²) in [7, 11) is 0. The molecule has 1 aromatic carbocycles. The first-order chi connectivity index (χ1) is 7.54. The average molecular weight is 217 g/mol. The molecule has 0 aromatic heterocycles. The van der Waals surface area contributed by atoms with E-state index in [1.807, 2.05) is 0 Å². The van der Waals surface area contributed by atoms with Crippen molar-refractivity contribution >= 4 is 0 Å². The molecule has 1 heterocycles. The van der Waals surface area contributed by atoms with E-state index in [0.717, 1.165) is 6.42 Å². The van der Waals surface area contributed by atoms with E-state index >= 15 is 0 Å². The van der Waals surface area contributed by atoms with Crippen LogP contribution in [0, 0.1) is 5.41 Å². The quantitative estimate of drug-likeness (QED) is 0.796. The fourth-order valence-electron chi connectivity index (χ4n) is 2.50. The van der Waals surface area contributed by atoms with Gasteiger partial charge in [0.05, 0.1) is 0 Å². The Balaban J connectivity index is 2.12. The summed E-state index contributed by atoms with van der Waals surface area (Å²) in [6, 6.07) is 9.70. The van der Waals surface area contributed by atoms with Crippen molar-refractivity contribution in [3.63, 3.8) is 0 Å². The van der Waals surface area contributed by atoms with E-state index in [2.05, 4.69) is 50.4 Å². The fraction of sp³-hybridized carbons (Fsp3) is 0.600. The van der Waals surface area contributed by atoms with Crippen molar-refractivity contribution in [1.29, 1.82) is 0 Å². The molecule has 0 saturated carbocycles. The van der Waals surface area contributed by atoms with Crippen LogP contribution in [0.4, 0.5) is 0 Å². The van der Waals surface area contributed by atoms with Crippen LogP contribution in [-0.4, -0.2) is 6.54 Å². The van der Waals surface area contributed by atoms with Gasteiger partial charge in [0.15, 0.2) is 0 Å². The van der Waals surface area contributed by atoms with Gasteiger partial charge in [0.1, 0.15) is 0 Å². The van der Waals surface area contributed by atoms with E-state index in [1.165, 1.54) is 30.5 Å². The Morgan fingerprint density at radius 2 is 2.12 bits per heavy atom. The Hall–Kier alpha value is -0.820. The van der Waals surface area contributed by atoms with Crippen LogP contribution < -0.4 is 5.32 Å². The lowest BCUT2D eigenvalue weighted by Crippen LogP contribution is -2.14. The molecular formula is C15H23N. The van der Waals surface area contributed by atoms with E-state index < -0.39 is 0 Å². The summed E-state index contributed by atoms with van der Waals surface area (Å²) in [6.07, 6.45) is 3.76. The molecule has 0 amide bonds. The number of rotatable bonds is 2. The molecule has 2 rings (SSSR count). The maximum Gasteiger partial charge on any atom is 0.0320 e. The highest BCUT2D eigenvalue weighted by Gasteiger charge is 2.17. The number of benzene rings is 1. The average Bonchev–Trinajstić information content (AvgIpc) is 2.68. The first-order valence-electron chi connectivity index (χ1n) is 6.37. The van der Waals surface area contributed by atoms with Gasteiger partial charge in [-0.2, -0.15) is 0 Å². The Bertz CT molecular complexity index is 343. The van der Waals surface area contributed by atoms with Gasteiger partial charge < -0.3 is 5.32 Å². The molecule has 1 unspecified atom stereocenters. The molecule has 1 aliphatic rings. The Labute approximate surface area is 99.3 Å². The third kappa shape index (κ3) is 3.08. The third-order valence-electron chi connectivity index (χ3n) is 3.15. The molecular weight excluding hydrogens is 194 g/mol. The molecule has 1 nitrogen and oxygen atoms in total. The second-order valence-corrected chi connectivity index (χ2v) is 6.13. The van der Waals surface area contributed by atoms with Crippen molar-refractivity contribution < 1.29 is 0 Å². The normalized spacial score (nSPS) is 21.3. The third-order valence-corrected chi connectivity index (χ3v) is 3.15. The molecule has 1 saturated heterocycles. The lowest BCUT2D eigenvalue weighted by atomic mass is 9.87. The van der Waals surface area contributed by atoms with Gasteiger partial charge in [-0.05, 0) is 42.3 Å². The summed E-state index contributed by atoms with van der Waals surface area (Å²) in [4.78, 5) is 0. The molecule has 1 atom stereocenters. The Kier molecular flexibility index (Phi) is 3.34. The van der Waals surface area contributed by atoms with Crippen molar-refractivity contribution in [2.45, 2.75) is 46.1 Å². The van der Waals surface area contributed by atoms with Gasteiger partial charge in [-0.3, -0.25) is 0 Å². The van der Waals surface area contributed by atoms with E-state index in [-0.39, 0.29) is 0 Å². The highest BCUT2D eigenvalue weighted by atomic mass is 14.9. The van der Waals surface area contributed by atoms with Crippen LogP contribution in [0.15, 0.2) is 24.3 Å². The van der Waals surface area contributed by atoms with Crippen molar-refractivity contribution in [1.82, 2.24) is 5.32 Å². The van der Waals surface area contributed by atoms with Crippen molar-refractivity contribution in [3.8, 4) is 0 Å². The van der Waals surface area contributed by atoms with E-state index in [1.54, 1.807) is 0 Å². The van der Waals surface area contributed by atoms with Gasteiger partial charge in [0.2, 0.25) is 0 Å². The summed E-state index contributed by atoms with van der Waals surface area (Å²) in [5.74, 6) is 0. The molecule has 0 radical (unpaired) electrons. The molecule has 0 aliphatic carbocycles. The molecule has 0 spiro atoms. The molecule has 1 fully saturated rings. The maximum atomic E-state index is 3.56. The minimum Gasteiger partial charge on any atom is -0.310 e. The van der Waals surface area contributed by atoms with Crippen LogP contribution in [0.2, 0.25) is 0 Å². The van der Waals surface area contributed by atoms with Crippen molar-refractivity contribution in [3.05, 3.63) is 35.4 Å². The van der Waals surface area contributed by atoms with Crippen molar-refractivity contribution in [2.24, 2.45) is 5.41 Å². The second kappa shape index (κ2) is 4.58. The first-order valence-corrected chi connectivity index (χ1v) is 6.37. The van der Waals surface area contributed by atoms with Gasteiger partial charge in [-0.1, -0.05) is 45.0 Å². The smallest absolute Gasteiger partial charge is 0.0320 e. The van der Waals surface area contributed by atoms with Crippen LogP contribution in [0.1, 0.15) is 50.8 Å². The summed E-state index contributed by atoms with van der Waals surface area (Å²) >= 11 is 0. The lowest BCUT2D eigenvalue weighted by molar-refractivity contribution is 0.411. The highest BCUT2D eigenvalue weighted by molar-refractivity contribution is 5.27. The largest absolute Gasteiger partial charge is 0.310 e. The number of hydrogen-bond donors (Lipinski definition) is 1. The Morgan fingerprint density at radius 1 is 1.31 bits per heavy atom. The minimum absolute atomic E-state index is 0.377. The predicted molar refractivity (Wildman–Crippen MR) is 69.6 cm³/mol. The summed E-state index contributed by atoms with van der Waals surface area (Å²) in [6.45, 7) is 8.07. The van der Waals surface area contributed by atoms with Gasteiger partial charge in [-0.25, -0.2) is 0 Å². The number of hydrogen-bond acceptors (Lipinski definition) is 1. The predicted octanol–water partition coefficient (Wildman–Crippen LogP) is 3.70. The SMILES string of the molecule is CC(C)(C)Cc1cccc(C2CCCN2)c1. The molecule has 1 N–H and O–H groups in total. The van der Waals surface area contributed by atoms with E-state index in [9.17, 15) is 0 Å². The van der Waals surface area contributed by atoms with Gasteiger partial charge in [0.25, 0.3) is 0 Å². The van der Waals surface area contributed by atoms with Crippen LogP contribution in [0.3, 0.4) is 0 Å². The van der Waals surface area contributed by atoms with Crippen LogP contribution >= 0.6 is 0 Å². The molecule has 1 heteroatoms. The monoisotopic (exact) mass is 217 g/mol. The minimum atomic E-state index is 0.377. The van der Waals surface area contributed by atoms with Crippen LogP contribution in [0.5, 0.6) is 0 Å². The molecule has 1 aromatic rings. The fourth-order valence-corrected chi connectivity index (χ4v) is 2.50. The maximum absolute atomic E-state index is 3.56. The molecule has 0 bridgehead atoms. The molecule has 88 valence electrons. The standard InChI is InChI=1S/C15H23N/c1-15(2,3)11-12-6-4-7-13(10-12)14-8-5-9-16-14/h4,6-7,10,14,16H,5,8-9,11H2,1-3H3. The Morgan fingerprint density at radius 3 is 2.75 bits per heavy atom. The topological polar surface area (TPSA) is 12.0 Å². The zero-order valence-corrected chi connectivity index (χ0v) is 10.7. The van der Waals surface area contributed by atoms with E-state index in [0.29, 0.717) is 11.5 Å². The zero-order valence-electron chi connectivity index (χ0n) is 10.7.